The quantitative estimate of drug-likeness (QED) is 0.0169. The van der Waals surface area contributed by atoms with Crippen molar-refractivity contribution in [1.29, 1.82) is 0 Å². The van der Waals surface area contributed by atoms with Gasteiger partial charge in [0.2, 0.25) is 0 Å². The minimum atomic E-state index is -5.00. The fourth-order valence-corrected chi connectivity index (χ4v) is 12.2. The topological polar surface area (TPSA) is 237 Å². The van der Waals surface area contributed by atoms with E-state index in [0.29, 0.717) is 32.1 Å². The molecule has 0 saturated heterocycles. The average molecular weight is 1480 g/mol. The first kappa shape index (κ1) is 97.7. The van der Waals surface area contributed by atoms with Crippen molar-refractivity contribution in [3.05, 3.63) is 109 Å². The molecule has 0 bridgehead atoms. The van der Waals surface area contributed by atoms with Crippen LogP contribution in [0.1, 0.15) is 336 Å². The van der Waals surface area contributed by atoms with Gasteiger partial charge in [0.1, 0.15) is 19.3 Å². The Morgan fingerprint density at radius 2 is 0.529 bits per heavy atom. The van der Waals surface area contributed by atoms with Gasteiger partial charge in [-0.25, -0.2) is 9.13 Å². The van der Waals surface area contributed by atoms with Crippen LogP contribution >= 0.6 is 15.6 Å². The molecule has 0 aliphatic carbocycles. The number of hydrogen-bond donors (Lipinski definition) is 3. The van der Waals surface area contributed by atoms with E-state index in [9.17, 15) is 43.2 Å². The van der Waals surface area contributed by atoms with Crippen molar-refractivity contribution in [2.75, 3.05) is 39.6 Å². The maximum atomic E-state index is 13.1. The lowest BCUT2D eigenvalue weighted by molar-refractivity contribution is -0.161. The molecule has 0 fully saturated rings. The maximum Gasteiger partial charge on any atom is 0.472 e. The van der Waals surface area contributed by atoms with E-state index in [1.165, 1.54) is 103 Å². The SMILES string of the molecule is CC/C=C\C/C=C\C/C=C\C/C=C\C/C=C\C/C=C\CCC(=O)O[C@H](COC(=O)CCCCCCC/C=C\CCCCCC)COP(=O)(O)OC[C@H](O)COP(=O)(O)OC[C@@H](COC(=O)CCCCCCCCC/C=C\CCCCCC)OC(=O)CCCCCCC/C=C\CCCCCCCC. The molecule has 0 heterocycles. The van der Waals surface area contributed by atoms with E-state index in [1.54, 1.807) is 0 Å². The van der Waals surface area contributed by atoms with E-state index in [4.69, 9.17) is 37.0 Å². The first-order valence-electron chi connectivity index (χ1n) is 40.1. The van der Waals surface area contributed by atoms with Crippen LogP contribution in [-0.2, 0) is 65.4 Å². The lowest BCUT2D eigenvalue weighted by Crippen LogP contribution is -2.30. The van der Waals surface area contributed by atoms with Crippen molar-refractivity contribution in [3.8, 4) is 0 Å². The third kappa shape index (κ3) is 74.0. The summed E-state index contributed by atoms with van der Waals surface area (Å²) >= 11 is 0. The lowest BCUT2D eigenvalue weighted by Gasteiger charge is -2.21. The maximum absolute atomic E-state index is 13.1. The predicted octanol–water partition coefficient (Wildman–Crippen LogP) is 23.3. The second-order valence-electron chi connectivity index (χ2n) is 26.6. The van der Waals surface area contributed by atoms with Crippen LogP contribution in [0.5, 0.6) is 0 Å². The molecule has 0 aromatic carbocycles. The van der Waals surface area contributed by atoms with Gasteiger partial charge in [-0.2, -0.15) is 0 Å². The van der Waals surface area contributed by atoms with Gasteiger partial charge in [0.05, 0.1) is 26.4 Å². The third-order valence-electron chi connectivity index (χ3n) is 16.7. The molecule has 0 aliphatic rings. The van der Waals surface area contributed by atoms with Crippen molar-refractivity contribution in [1.82, 2.24) is 0 Å². The molecule has 0 saturated carbocycles. The normalized spacial score (nSPS) is 14.5. The largest absolute Gasteiger partial charge is 0.472 e. The molecule has 0 rings (SSSR count). The number of aliphatic hydroxyl groups excluding tert-OH is 1. The Morgan fingerprint density at radius 1 is 0.284 bits per heavy atom. The van der Waals surface area contributed by atoms with Crippen molar-refractivity contribution >= 4 is 39.5 Å². The fourth-order valence-electron chi connectivity index (χ4n) is 10.6. The number of phosphoric ester groups is 2. The first-order chi connectivity index (χ1) is 49.7. The molecule has 2 unspecified atom stereocenters. The molecule has 0 radical (unpaired) electrons. The smallest absolute Gasteiger partial charge is 0.462 e. The molecule has 102 heavy (non-hydrogen) atoms. The number of hydrogen-bond acceptors (Lipinski definition) is 15. The fraction of sp³-hybridized carbons (Fsp3) is 0.735. The van der Waals surface area contributed by atoms with E-state index in [1.807, 2.05) is 18.2 Å². The van der Waals surface area contributed by atoms with Gasteiger partial charge in [0.25, 0.3) is 0 Å². The summed E-state index contributed by atoms with van der Waals surface area (Å²) in [7, 11) is -9.98. The van der Waals surface area contributed by atoms with Crippen LogP contribution in [0.3, 0.4) is 0 Å². The van der Waals surface area contributed by atoms with Gasteiger partial charge in [0.15, 0.2) is 12.2 Å². The van der Waals surface area contributed by atoms with Crippen LogP contribution in [0.25, 0.3) is 0 Å². The van der Waals surface area contributed by atoms with E-state index >= 15 is 0 Å². The molecule has 0 aromatic heterocycles. The zero-order valence-electron chi connectivity index (χ0n) is 64.3. The van der Waals surface area contributed by atoms with Crippen LogP contribution in [-0.4, -0.2) is 96.7 Å². The van der Waals surface area contributed by atoms with E-state index < -0.39 is 97.5 Å². The Kier molecular flexibility index (Phi) is 71.8. The molecule has 0 spiro atoms. The zero-order valence-corrected chi connectivity index (χ0v) is 66.0. The second-order valence-corrected chi connectivity index (χ2v) is 29.5. The molecule has 0 aromatic rings. The number of allylic oxidation sites excluding steroid dienone is 18. The first-order valence-corrected chi connectivity index (χ1v) is 43.1. The van der Waals surface area contributed by atoms with Gasteiger partial charge in [-0.05, 0) is 141 Å². The highest BCUT2D eigenvalue weighted by atomic mass is 31.2. The predicted molar refractivity (Wildman–Crippen MR) is 418 cm³/mol. The second kappa shape index (κ2) is 75.0. The number of esters is 4. The van der Waals surface area contributed by atoms with Crippen molar-refractivity contribution in [3.63, 3.8) is 0 Å². The summed E-state index contributed by atoms with van der Waals surface area (Å²) in [4.78, 5) is 73.0. The molecule has 588 valence electrons. The summed E-state index contributed by atoms with van der Waals surface area (Å²) in [5.41, 5.74) is 0. The lowest BCUT2D eigenvalue weighted by atomic mass is 10.1. The summed E-state index contributed by atoms with van der Waals surface area (Å²) in [5, 5.41) is 10.6. The zero-order chi connectivity index (χ0) is 74.6. The Bertz CT molecular complexity index is 2360. The van der Waals surface area contributed by atoms with Crippen molar-refractivity contribution in [2.24, 2.45) is 0 Å². The molecule has 0 aliphatic heterocycles. The summed E-state index contributed by atoms with van der Waals surface area (Å²) in [6.45, 7) is 4.65. The summed E-state index contributed by atoms with van der Waals surface area (Å²) in [6, 6.07) is 0. The summed E-state index contributed by atoms with van der Waals surface area (Å²) in [5.74, 6) is -2.28. The third-order valence-corrected chi connectivity index (χ3v) is 18.6. The van der Waals surface area contributed by atoms with Crippen molar-refractivity contribution in [2.45, 2.75) is 354 Å². The van der Waals surface area contributed by atoms with Crippen LogP contribution in [0, 0.1) is 0 Å². The van der Waals surface area contributed by atoms with Crippen LogP contribution in [0.2, 0.25) is 0 Å². The van der Waals surface area contributed by atoms with Gasteiger partial charge in [-0.15, -0.1) is 0 Å². The number of ether oxygens (including phenoxy) is 4. The highest BCUT2D eigenvalue weighted by Gasteiger charge is 2.30. The number of aliphatic hydroxyl groups is 1. The number of rotatable bonds is 75. The van der Waals surface area contributed by atoms with Gasteiger partial charge < -0.3 is 33.8 Å². The molecule has 0 amide bonds. The van der Waals surface area contributed by atoms with Gasteiger partial charge >= 0.3 is 39.5 Å². The van der Waals surface area contributed by atoms with Crippen LogP contribution in [0.4, 0.5) is 0 Å². The average Bonchev–Trinajstić information content (AvgIpc) is 0.924. The minimum absolute atomic E-state index is 0.0326. The van der Waals surface area contributed by atoms with Crippen molar-refractivity contribution < 1.29 is 80.2 Å². The highest BCUT2D eigenvalue weighted by molar-refractivity contribution is 7.47. The van der Waals surface area contributed by atoms with E-state index in [0.717, 1.165) is 148 Å². The van der Waals surface area contributed by atoms with Gasteiger partial charge in [-0.1, -0.05) is 278 Å². The summed E-state index contributed by atoms with van der Waals surface area (Å²) < 4.78 is 68.5. The van der Waals surface area contributed by atoms with Gasteiger partial charge in [-0.3, -0.25) is 37.3 Å². The number of carbonyl (C=O) groups is 4. The molecular formula is C83H144O17P2. The Hall–Kier alpha value is -4.28. The van der Waals surface area contributed by atoms with Crippen LogP contribution < -0.4 is 0 Å². The Balaban J connectivity index is 5.43. The minimum Gasteiger partial charge on any atom is -0.462 e. The van der Waals surface area contributed by atoms with Crippen LogP contribution in [0.15, 0.2) is 109 Å². The molecule has 19 heteroatoms. The molecule has 3 N–H and O–H groups in total. The molecule has 17 nitrogen and oxygen atoms in total. The van der Waals surface area contributed by atoms with E-state index in [-0.39, 0.29) is 25.7 Å². The Morgan fingerprint density at radius 3 is 0.853 bits per heavy atom. The summed E-state index contributed by atoms with van der Waals surface area (Å²) in [6.07, 6.45) is 80.8. The monoisotopic (exact) mass is 1470 g/mol. The number of phosphoric acid groups is 2. The number of unbranched alkanes of at least 4 members (excludes halogenated alkanes) is 31. The molecular weight excluding hydrogens is 1330 g/mol. The number of carbonyl (C=O) groups excluding carboxylic acids is 4. The van der Waals surface area contributed by atoms with E-state index in [2.05, 4.69) is 119 Å². The highest BCUT2D eigenvalue weighted by Crippen LogP contribution is 2.45. The standard InChI is InChI=1S/C83H144O17P2/c1-5-9-13-17-21-25-29-33-36-37-38-39-42-46-50-54-58-62-66-70-83(88)100-78(73-93-80(85)67-63-59-55-51-47-43-32-28-24-20-16-12-8-4)75-97-101(89,90)95-71-77(84)72-96-102(91,92)98-76-79(99-82(87)69-65-61-57-53-49-45-41-35-31-27-23-19-15-11-7-3)74-94-81(86)68-64-60-56-52-48-44-40-34-30-26-22-18-14-10-6-2/h9,13,21,25-26,28,30,32-33,35-36,38-39,41,46,50,58,62,77-79,84H,5-8,10-12,14-20,22-24,27,29,31,34,37,40,42-45,47-49,51-57,59-61,63-76H2,1-4H3,(H,89,90)(H,91,92)/b13-9-,25-21-,30-26-,32-28-,36-33-,39-38-,41-35-,50-46-,62-58-/t77-,78+,79+/m0/s1. The molecule has 5 atom stereocenters. The van der Waals surface area contributed by atoms with Gasteiger partial charge in [0, 0.05) is 25.7 Å². The Labute approximate surface area is 619 Å².